The van der Waals surface area contributed by atoms with Crippen molar-refractivity contribution in [3.05, 3.63) is 0 Å². The zero-order valence-corrected chi connectivity index (χ0v) is 22.9. The van der Waals surface area contributed by atoms with Gasteiger partial charge in [0.25, 0.3) is 0 Å². The number of rotatable bonds is 9. The van der Waals surface area contributed by atoms with Crippen LogP contribution >= 0.6 is 0 Å². The average Bonchev–Trinajstić information content (AvgIpc) is 3.69. The molecule has 0 spiro atoms. The summed E-state index contributed by atoms with van der Waals surface area (Å²) in [5.41, 5.74) is 0.794. The summed E-state index contributed by atoms with van der Waals surface area (Å²) < 4.78 is 24.0. The van der Waals surface area contributed by atoms with Crippen molar-refractivity contribution in [2.75, 3.05) is 0 Å². The summed E-state index contributed by atoms with van der Waals surface area (Å²) in [6.45, 7) is 5.54. The lowest BCUT2D eigenvalue weighted by atomic mass is 9.51. The Balaban J connectivity index is 1.06. The molecule has 0 amide bonds. The maximum atomic E-state index is 6.01. The Bertz CT molecular complexity index is 714. The molecule has 12 unspecified atom stereocenters. The van der Waals surface area contributed by atoms with Crippen LogP contribution in [0.4, 0.5) is 0 Å². The molecule has 12 atom stereocenters. The molecule has 4 nitrogen and oxygen atoms in total. The predicted molar refractivity (Wildman–Crippen MR) is 139 cm³/mol. The molecule has 0 aromatic carbocycles. The van der Waals surface area contributed by atoms with Crippen LogP contribution in [0.2, 0.25) is 0 Å². The van der Waals surface area contributed by atoms with Crippen molar-refractivity contribution in [3.8, 4) is 0 Å². The molecule has 0 aromatic heterocycles. The lowest BCUT2D eigenvalue weighted by Gasteiger charge is -2.53. The molecule has 36 heavy (non-hydrogen) atoms. The van der Waals surface area contributed by atoms with E-state index in [9.17, 15) is 0 Å². The van der Waals surface area contributed by atoms with Crippen LogP contribution in [0, 0.1) is 34.5 Å². The molecule has 0 radical (unpaired) electrons. The molecule has 0 N–H and O–H groups in total. The first-order valence-electron chi connectivity index (χ1n) is 16.0. The number of hydrogen-bond acceptors (Lipinski definition) is 4. The van der Waals surface area contributed by atoms with Gasteiger partial charge in [-0.15, -0.1) is 0 Å². The molecule has 8 rings (SSSR count). The van der Waals surface area contributed by atoms with E-state index in [0.717, 1.165) is 23.7 Å². The Morgan fingerprint density at radius 1 is 0.389 bits per heavy atom. The number of hydrogen-bond donors (Lipinski definition) is 0. The van der Waals surface area contributed by atoms with E-state index in [0.29, 0.717) is 59.7 Å². The minimum absolute atomic E-state index is 0.397. The van der Waals surface area contributed by atoms with Gasteiger partial charge in [-0.25, -0.2) is 0 Å². The predicted octanol–water partition coefficient (Wildman–Crippen LogP) is 6.83. The fourth-order valence-electron chi connectivity index (χ4n) is 10.4. The van der Waals surface area contributed by atoms with Gasteiger partial charge in [-0.1, -0.05) is 13.8 Å². The Labute approximate surface area is 218 Å². The van der Waals surface area contributed by atoms with Crippen LogP contribution in [0.25, 0.3) is 0 Å². The number of epoxide rings is 4. The average molecular weight is 499 g/mol. The first-order chi connectivity index (χ1) is 17.4. The topological polar surface area (TPSA) is 50.1 Å². The maximum absolute atomic E-state index is 6.01. The molecule has 4 aliphatic carbocycles. The third-order valence-electron chi connectivity index (χ3n) is 12.9. The SMILES string of the molecule is CC(CC1CCC2OC2C1)(CC1CCC2OC2C1)C(C)(CC1CCC2OC2C1)CC1CCC2OC2C1. The smallest absolute Gasteiger partial charge is 0.0844 e. The minimum Gasteiger partial charge on any atom is -0.370 e. The highest BCUT2D eigenvalue weighted by atomic mass is 16.6. The van der Waals surface area contributed by atoms with Gasteiger partial charge >= 0.3 is 0 Å². The highest BCUT2D eigenvalue weighted by molar-refractivity contribution is 5.04. The second-order valence-electron chi connectivity index (χ2n) is 15.5. The summed E-state index contributed by atoms with van der Waals surface area (Å²) in [5, 5.41) is 0. The van der Waals surface area contributed by atoms with Crippen molar-refractivity contribution in [2.45, 2.75) is 165 Å². The Morgan fingerprint density at radius 2 is 0.639 bits per heavy atom. The van der Waals surface area contributed by atoms with E-state index >= 15 is 0 Å². The molecule has 4 aliphatic heterocycles. The van der Waals surface area contributed by atoms with Crippen molar-refractivity contribution in [1.29, 1.82) is 0 Å². The van der Waals surface area contributed by atoms with Crippen molar-refractivity contribution < 1.29 is 18.9 Å². The Morgan fingerprint density at radius 3 is 0.861 bits per heavy atom. The molecular weight excluding hydrogens is 448 g/mol. The van der Waals surface area contributed by atoms with Gasteiger partial charge in [-0.05, 0) is 137 Å². The highest BCUT2D eigenvalue weighted by Gasteiger charge is 2.55. The maximum Gasteiger partial charge on any atom is 0.0844 e. The van der Waals surface area contributed by atoms with Crippen LogP contribution in [0.15, 0.2) is 0 Å². The summed E-state index contributed by atoms with van der Waals surface area (Å²) >= 11 is 0. The molecule has 0 bridgehead atoms. The molecule has 8 fully saturated rings. The van der Waals surface area contributed by atoms with Crippen molar-refractivity contribution in [1.82, 2.24) is 0 Å². The van der Waals surface area contributed by atoms with E-state index in [1.54, 1.807) is 0 Å². The number of fused-ring (bicyclic) bond motifs is 4. The van der Waals surface area contributed by atoms with Crippen LogP contribution in [0.5, 0.6) is 0 Å². The second-order valence-corrected chi connectivity index (χ2v) is 15.5. The fourth-order valence-corrected chi connectivity index (χ4v) is 10.4. The quantitative estimate of drug-likeness (QED) is 0.327. The largest absolute Gasteiger partial charge is 0.370 e. The van der Waals surface area contributed by atoms with Crippen LogP contribution in [0.1, 0.15) is 117 Å². The van der Waals surface area contributed by atoms with Gasteiger partial charge in [0.05, 0.1) is 48.8 Å². The van der Waals surface area contributed by atoms with Gasteiger partial charge in [0.15, 0.2) is 0 Å². The van der Waals surface area contributed by atoms with E-state index in [1.165, 1.54) is 103 Å². The van der Waals surface area contributed by atoms with Crippen molar-refractivity contribution >= 4 is 0 Å². The molecule has 4 saturated heterocycles. The van der Waals surface area contributed by atoms with Gasteiger partial charge in [0.1, 0.15) is 0 Å². The molecule has 202 valence electrons. The summed E-state index contributed by atoms with van der Waals surface area (Å²) in [6.07, 6.45) is 26.7. The lowest BCUT2D eigenvalue weighted by Crippen LogP contribution is -2.45. The van der Waals surface area contributed by atoms with Gasteiger partial charge < -0.3 is 18.9 Å². The first kappa shape index (κ1) is 23.7. The van der Waals surface area contributed by atoms with Crippen LogP contribution in [-0.4, -0.2) is 48.8 Å². The molecule has 8 aliphatic rings. The second kappa shape index (κ2) is 8.67. The fraction of sp³-hybridized carbons (Fsp3) is 1.00. The lowest BCUT2D eigenvalue weighted by molar-refractivity contribution is -0.0346. The molecule has 0 aromatic rings. The first-order valence-corrected chi connectivity index (χ1v) is 16.0. The van der Waals surface area contributed by atoms with E-state index < -0.39 is 0 Å². The zero-order valence-electron chi connectivity index (χ0n) is 22.9. The van der Waals surface area contributed by atoms with E-state index in [-0.39, 0.29) is 0 Å². The summed E-state index contributed by atoms with van der Waals surface area (Å²) in [5.74, 6) is 3.43. The molecule has 4 heterocycles. The summed E-state index contributed by atoms with van der Waals surface area (Å²) in [4.78, 5) is 0. The highest BCUT2D eigenvalue weighted by Crippen LogP contribution is 2.61. The van der Waals surface area contributed by atoms with Crippen LogP contribution < -0.4 is 0 Å². The monoisotopic (exact) mass is 498 g/mol. The van der Waals surface area contributed by atoms with Crippen LogP contribution in [-0.2, 0) is 18.9 Å². The zero-order chi connectivity index (χ0) is 24.1. The van der Waals surface area contributed by atoms with Gasteiger partial charge in [0.2, 0.25) is 0 Å². The summed E-state index contributed by atoms with van der Waals surface area (Å²) in [6, 6.07) is 0. The third kappa shape index (κ3) is 4.62. The van der Waals surface area contributed by atoms with E-state index in [4.69, 9.17) is 18.9 Å². The number of ether oxygens (including phenoxy) is 4. The van der Waals surface area contributed by atoms with Crippen molar-refractivity contribution in [3.63, 3.8) is 0 Å². The van der Waals surface area contributed by atoms with Crippen LogP contribution in [0.3, 0.4) is 0 Å². The van der Waals surface area contributed by atoms with Gasteiger partial charge in [0, 0.05) is 0 Å². The van der Waals surface area contributed by atoms with E-state index in [2.05, 4.69) is 13.8 Å². The Kier molecular flexibility index (Phi) is 5.71. The third-order valence-corrected chi connectivity index (χ3v) is 12.9. The Hall–Kier alpha value is -0.160. The molecule has 4 saturated carbocycles. The summed E-state index contributed by atoms with van der Waals surface area (Å²) in [7, 11) is 0. The molecule has 4 heteroatoms. The normalized spacial score (nSPS) is 53.5. The minimum atomic E-state index is 0.397. The standard InChI is InChI=1S/C32H50O4/c1-31(15-19-3-7-23-27(11-19)33-23,16-20-4-8-24-28(12-20)34-24)32(2,17-21-5-9-25-29(13-21)35-25)18-22-6-10-26-30(14-22)36-26/h19-30H,3-18H2,1-2H3. The van der Waals surface area contributed by atoms with Crippen molar-refractivity contribution in [2.24, 2.45) is 34.5 Å². The van der Waals surface area contributed by atoms with E-state index in [1.807, 2.05) is 0 Å². The van der Waals surface area contributed by atoms with Gasteiger partial charge in [-0.3, -0.25) is 0 Å². The molecular formula is C32H50O4. The van der Waals surface area contributed by atoms with Gasteiger partial charge in [-0.2, -0.15) is 0 Å².